The van der Waals surface area contributed by atoms with Crippen molar-refractivity contribution in [3.05, 3.63) is 29.3 Å². The van der Waals surface area contributed by atoms with Crippen LogP contribution in [0.2, 0.25) is 0 Å². The third-order valence-corrected chi connectivity index (χ3v) is 4.18. The highest BCUT2D eigenvalue weighted by Crippen LogP contribution is 2.21. The quantitative estimate of drug-likeness (QED) is 0.337. The SMILES string of the molecule is CCNC(=NCc1ccc(C)cc1OCCOCC)NCCCSC. The number of nitrogens with one attached hydrogen (secondary N) is 2. The summed E-state index contributed by atoms with van der Waals surface area (Å²) < 4.78 is 11.2. The van der Waals surface area contributed by atoms with Crippen LogP contribution >= 0.6 is 11.8 Å². The van der Waals surface area contributed by atoms with Crippen molar-refractivity contribution in [2.75, 3.05) is 44.9 Å². The summed E-state index contributed by atoms with van der Waals surface area (Å²) in [7, 11) is 0. The summed E-state index contributed by atoms with van der Waals surface area (Å²) in [6.45, 7) is 10.4. The van der Waals surface area contributed by atoms with Gasteiger partial charge in [-0.3, -0.25) is 0 Å². The maximum absolute atomic E-state index is 5.89. The Kier molecular flexibility index (Phi) is 12.0. The molecule has 0 fully saturated rings. The van der Waals surface area contributed by atoms with Gasteiger partial charge in [-0.2, -0.15) is 11.8 Å². The smallest absolute Gasteiger partial charge is 0.191 e. The Labute approximate surface area is 157 Å². The highest BCUT2D eigenvalue weighted by Gasteiger charge is 2.05. The summed E-state index contributed by atoms with van der Waals surface area (Å²) in [6.07, 6.45) is 3.26. The van der Waals surface area contributed by atoms with Gasteiger partial charge in [0.05, 0.1) is 13.2 Å². The second-order valence-corrected chi connectivity index (χ2v) is 6.61. The van der Waals surface area contributed by atoms with E-state index in [1.165, 1.54) is 5.56 Å². The molecule has 0 aromatic heterocycles. The molecule has 6 heteroatoms. The van der Waals surface area contributed by atoms with E-state index in [1.54, 1.807) is 0 Å². The van der Waals surface area contributed by atoms with Crippen molar-refractivity contribution in [3.63, 3.8) is 0 Å². The Morgan fingerprint density at radius 2 is 2.04 bits per heavy atom. The maximum atomic E-state index is 5.89. The van der Waals surface area contributed by atoms with E-state index in [2.05, 4.69) is 48.9 Å². The molecule has 0 bridgehead atoms. The van der Waals surface area contributed by atoms with Gasteiger partial charge in [-0.15, -0.1) is 0 Å². The Morgan fingerprint density at radius 1 is 1.20 bits per heavy atom. The highest BCUT2D eigenvalue weighted by molar-refractivity contribution is 7.98. The van der Waals surface area contributed by atoms with Gasteiger partial charge in [0.1, 0.15) is 12.4 Å². The molecule has 1 aromatic carbocycles. The molecule has 0 saturated carbocycles. The average Bonchev–Trinajstić information content (AvgIpc) is 2.61. The van der Waals surface area contributed by atoms with Crippen LogP contribution in [0, 0.1) is 6.92 Å². The third kappa shape index (κ3) is 9.60. The second kappa shape index (κ2) is 13.8. The minimum absolute atomic E-state index is 0.557. The van der Waals surface area contributed by atoms with Crippen LogP contribution in [0.5, 0.6) is 5.75 Å². The van der Waals surface area contributed by atoms with Crippen molar-refractivity contribution in [3.8, 4) is 5.75 Å². The molecule has 0 unspecified atom stereocenters. The molecule has 0 aliphatic carbocycles. The molecule has 1 rings (SSSR count). The largest absolute Gasteiger partial charge is 0.491 e. The maximum Gasteiger partial charge on any atom is 0.191 e. The van der Waals surface area contributed by atoms with Gasteiger partial charge in [-0.05, 0) is 50.8 Å². The fraction of sp³-hybridized carbons (Fsp3) is 0.632. The molecule has 1 aromatic rings. The predicted octanol–water partition coefficient (Wildman–Crippen LogP) is 3.22. The van der Waals surface area contributed by atoms with E-state index in [0.717, 1.165) is 42.5 Å². The van der Waals surface area contributed by atoms with E-state index < -0.39 is 0 Å². The summed E-state index contributed by atoms with van der Waals surface area (Å²) in [5.74, 6) is 2.90. The van der Waals surface area contributed by atoms with Gasteiger partial charge in [-0.25, -0.2) is 4.99 Å². The van der Waals surface area contributed by atoms with Crippen LogP contribution in [0.4, 0.5) is 0 Å². The first-order chi connectivity index (χ1) is 12.2. The van der Waals surface area contributed by atoms with Crippen molar-refractivity contribution in [1.82, 2.24) is 10.6 Å². The average molecular weight is 368 g/mol. The van der Waals surface area contributed by atoms with Gasteiger partial charge in [0.15, 0.2) is 5.96 Å². The summed E-state index contributed by atoms with van der Waals surface area (Å²) >= 11 is 1.86. The van der Waals surface area contributed by atoms with Crippen molar-refractivity contribution < 1.29 is 9.47 Å². The van der Waals surface area contributed by atoms with E-state index in [-0.39, 0.29) is 0 Å². The van der Waals surface area contributed by atoms with Crippen molar-refractivity contribution in [1.29, 1.82) is 0 Å². The molecule has 0 amide bonds. The number of hydrogen-bond donors (Lipinski definition) is 2. The molecule has 0 heterocycles. The zero-order valence-corrected chi connectivity index (χ0v) is 16.9. The first kappa shape index (κ1) is 21.6. The fourth-order valence-corrected chi connectivity index (χ4v) is 2.64. The number of ether oxygens (including phenoxy) is 2. The lowest BCUT2D eigenvalue weighted by Gasteiger charge is -2.13. The number of benzene rings is 1. The van der Waals surface area contributed by atoms with Gasteiger partial charge in [0.25, 0.3) is 0 Å². The van der Waals surface area contributed by atoms with E-state index in [1.807, 2.05) is 18.7 Å². The van der Waals surface area contributed by atoms with Gasteiger partial charge >= 0.3 is 0 Å². The normalized spacial score (nSPS) is 11.4. The lowest BCUT2D eigenvalue weighted by atomic mass is 10.1. The van der Waals surface area contributed by atoms with Crippen LogP contribution in [0.3, 0.4) is 0 Å². The Morgan fingerprint density at radius 3 is 2.76 bits per heavy atom. The van der Waals surface area contributed by atoms with E-state index >= 15 is 0 Å². The summed E-state index contributed by atoms with van der Waals surface area (Å²) in [5.41, 5.74) is 2.27. The lowest BCUT2D eigenvalue weighted by molar-refractivity contribution is 0.110. The van der Waals surface area contributed by atoms with Crippen LogP contribution < -0.4 is 15.4 Å². The summed E-state index contributed by atoms with van der Waals surface area (Å²) in [6, 6.07) is 6.25. The molecular formula is C19H33N3O2S. The van der Waals surface area contributed by atoms with Crippen molar-refractivity contribution in [2.45, 2.75) is 33.7 Å². The molecule has 0 saturated heterocycles. The standard InChI is InChI=1S/C19H33N3O2S/c1-5-20-19(21-10-7-13-25-4)22-15-17-9-8-16(3)14-18(17)24-12-11-23-6-2/h8-9,14H,5-7,10-13,15H2,1-4H3,(H2,20,21,22). The number of nitrogens with zero attached hydrogens (tertiary/aromatic N) is 1. The third-order valence-electron chi connectivity index (χ3n) is 3.48. The predicted molar refractivity (Wildman–Crippen MR) is 109 cm³/mol. The Hall–Kier alpha value is -1.40. The number of aryl methyl sites for hydroxylation is 1. The first-order valence-electron chi connectivity index (χ1n) is 9.02. The lowest BCUT2D eigenvalue weighted by Crippen LogP contribution is -2.37. The molecule has 5 nitrogen and oxygen atoms in total. The van der Waals surface area contributed by atoms with Gasteiger partial charge in [0, 0.05) is 25.3 Å². The molecule has 25 heavy (non-hydrogen) atoms. The molecular weight excluding hydrogens is 334 g/mol. The van der Waals surface area contributed by atoms with E-state index in [0.29, 0.717) is 26.4 Å². The molecule has 0 spiro atoms. The topological polar surface area (TPSA) is 54.9 Å². The Balaban J connectivity index is 2.66. The number of thioether (sulfide) groups is 1. The molecule has 2 N–H and O–H groups in total. The van der Waals surface area contributed by atoms with Gasteiger partial charge < -0.3 is 20.1 Å². The molecule has 0 atom stereocenters. The minimum Gasteiger partial charge on any atom is -0.491 e. The van der Waals surface area contributed by atoms with E-state index in [4.69, 9.17) is 14.5 Å². The van der Waals surface area contributed by atoms with Crippen molar-refractivity contribution >= 4 is 17.7 Å². The summed E-state index contributed by atoms with van der Waals surface area (Å²) in [4.78, 5) is 4.69. The first-order valence-corrected chi connectivity index (χ1v) is 10.4. The minimum atomic E-state index is 0.557. The Bertz CT molecular complexity index is 509. The summed E-state index contributed by atoms with van der Waals surface area (Å²) in [5, 5.41) is 6.67. The zero-order chi connectivity index (χ0) is 18.3. The van der Waals surface area contributed by atoms with E-state index in [9.17, 15) is 0 Å². The van der Waals surface area contributed by atoms with Crippen LogP contribution in [0.25, 0.3) is 0 Å². The number of aliphatic imine (C=N–C) groups is 1. The van der Waals surface area contributed by atoms with Crippen LogP contribution in [-0.4, -0.2) is 50.9 Å². The number of hydrogen-bond acceptors (Lipinski definition) is 4. The molecule has 0 radical (unpaired) electrons. The fourth-order valence-electron chi connectivity index (χ4n) is 2.21. The van der Waals surface area contributed by atoms with Gasteiger partial charge in [0.2, 0.25) is 0 Å². The number of guanidine groups is 1. The van der Waals surface area contributed by atoms with Gasteiger partial charge in [-0.1, -0.05) is 12.1 Å². The highest BCUT2D eigenvalue weighted by atomic mass is 32.2. The van der Waals surface area contributed by atoms with Crippen LogP contribution in [0.1, 0.15) is 31.4 Å². The second-order valence-electron chi connectivity index (χ2n) is 5.62. The van der Waals surface area contributed by atoms with Crippen molar-refractivity contribution in [2.24, 2.45) is 4.99 Å². The molecule has 0 aliphatic heterocycles. The van der Waals surface area contributed by atoms with Crippen LogP contribution in [-0.2, 0) is 11.3 Å². The van der Waals surface area contributed by atoms with Crippen LogP contribution in [0.15, 0.2) is 23.2 Å². The molecule has 0 aliphatic rings. The monoisotopic (exact) mass is 367 g/mol. The number of rotatable bonds is 12. The zero-order valence-electron chi connectivity index (χ0n) is 16.1. The molecule has 142 valence electrons.